The van der Waals surface area contributed by atoms with Crippen LogP contribution in [-0.4, -0.2) is 40.4 Å². The summed E-state index contributed by atoms with van der Waals surface area (Å²) in [6.07, 6.45) is -0.371. The van der Waals surface area contributed by atoms with Crippen LogP contribution in [0.1, 0.15) is 24.5 Å². The first-order valence-electron chi connectivity index (χ1n) is 8.90. The molecule has 140 valence electrons. The molecule has 0 saturated carbocycles. The quantitative estimate of drug-likeness (QED) is 0.742. The molecule has 1 spiro atoms. The number of rotatable bonds is 2. The minimum atomic E-state index is -1.30. The zero-order chi connectivity index (χ0) is 19.0. The van der Waals surface area contributed by atoms with Crippen LogP contribution in [0.5, 0.6) is 0 Å². The van der Waals surface area contributed by atoms with Gasteiger partial charge in [-0.3, -0.25) is 9.59 Å². The molecule has 27 heavy (non-hydrogen) atoms. The van der Waals surface area contributed by atoms with Crippen molar-refractivity contribution in [3.63, 3.8) is 0 Å². The molecule has 0 aliphatic carbocycles. The standard InChI is InChI=1S/C20H20ClN3O3/c21-14-6-2-1-5-13(14)17(25)18(26)24-11-9-20(10-12-24)19(27)22-15-7-3-4-8-16(15)23-20/h1-8,17,23,25H,9-12H2,(H,22,27). The summed E-state index contributed by atoms with van der Waals surface area (Å²) in [5, 5.41) is 17.1. The number of anilines is 2. The van der Waals surface area contributed by atoms with Crippen LogP contribution >= 0.6 is 11.6 Å². The molecular weight excluding hydrogens is 366 g/mol. The largest absolute Gasteiger partial charge is 0.378 e. The second-order valence-corrected chi connectivity index (χ2v) is 7.36. The van der Waals surface area contributed by atoms with E-state index in [0.29, 0.717) is 36.5 Å². The van der Waals surface area contributed by atoms with Crippen molar-refractivity contribution in [3.8, 4) is 0 Å². The van der Waals surface area contributed by atoms with Crippen molar-refractivity contribution < 1.29 is 14.7 Å². The molecule has 2 aliphatic rings. The number of hydrogen-bond donors (Lipinski definition) is 3. The van der Waals surface area contributed by atoms with Gasteiger partial charge >= 0.3 is 0 Å². The molecule has 1 atom stereocenters. The summed E-state index contributed by atoms with van der Waals surface area (Å²) in [4.78, 5) is 27.0. The monoisotopic (exact) mass is 385 g/mol. The van der Waals surface area contributed by atoms with Crippen LogP contribution in [0.4, 0.5) is 11.4 Å². The summed E-state index contributed by atoms with van der Waals surface area (Å²) in [5.74, 6) is -0.477. The Kier molecular flexibility index (Phi) is 4.53. The van der Waals surface area contributed by atoms with E-state index in [9.17, 15) is 14.7 Å². The lowest BCUT2D eigenvalue weighted by atomic mass is 9.84. The third-order valence-corrected chi connectivity index (χ3v) is 5.69. The number of amides is 2. The van der Waals surface area contributed by atoms with Gasteiger partial charge in [0, 0.05) is 23.7 Å². The van der Waals surface area contributed by atoms with Crippen molar-refractivity contribution in [3.05, 3.63) is 59.1 Å². The number of carbonyl (C=O) groups is 2. The minimum absolute atomic E-state index is 0.0834. The maximum absolute atomic E-state index is 12.7. The van der Waals surface area contributed by atoms with E-state index in [2.05, 4.69) is 10.6 Å². The molecule has 1 saturated heterocycles. The topological polar surface area (TPSA) is 81.7 Å². The van der Waals surface area contributed by atoms with Gasteiger partial charge in [-0.05, 0) is 31.0 Å². The molecule has 6 nitrogen and oxygen atoms in total. The summed E-state index contributed by atoms with van der Waals surface area (Å²) in [7, 11) is 0. The van der Waals surface area contributed by atoms with Gasteiger partial charge in [0.25, 0.3) is 5.91 Å². The second-order valence-electron chi connectivity index (χ2n) is 6.96. The average Bonchev–Trinajstić information content (AvgIpc) is 2.69. The predicted octanol–water partition coefficient (Wildman–Crippen LogP) is 2.80. The summed E-state index contributed by atoms with van der Waals surface area (Å²) < 4.78 is 0. The molecule has 2 aromatic rings. The number of hydrogen-bond acceptors (Lipinski definition) is 4. The van der Waals surface area contributed by atoms with E-state index in [4.69, 9.17) is 11.6 Å². The summed E-state index contributed by atoms with van der Waals surface area (Å²) in [5.41, 5.74) is 1.31. The lowest BCUT2D eigenvalue weighted by Gasteiger charge is -2.44. The minimum Gasteiger partial charge on any atom is -0.378 e. The molecule has 2 aromatic carbocycles. The van der Waals surface area contributed by atoms with Crippen molar-refractivity contribution in [1.82, 2.24) is 4.90 Å². The normalized spacial score (nSPS) is 19.0. The van der Waals surface area contributed by atoms with Gasteiger partial charge in [-0.2, -0.15) is 0 Å². The summed E-state index contributed by atoms with van der Waals surface area (Å²) in [6, 6.07) is 14.3. The smallest absolute Gasteiger partial charge is 0.256 e. The Bertz CT molecular complexity index is 894. The van der Waals surface area contributed by atoms with Crippen LogP contribution in [-0.2, 0) is 9.59 Å². The molecular formula is C20H20ClN3O3. The lowest BCUT2D eigenvalue weighted by molar-refractivity contribution is -0.143. The first kappa shape index (κ1) is 17.8. The first-order chi connectivity index (χ1) is 13.0. The fourth-order valence-electron chi connectivity index (χ4n) is 3.72. The van der Waals surface area contributed by atoms with Gasteiger partial charge in [0.15, 0.2) is 6.10 Å². The number of benzene rings is 2. The number of nitrogens with zero attached hydrogens (tertiary/aromatic N) is 1. The number of likely N-dealkylation sites (tertiary alicyclic amines) is 1. The van der Waals surface area contributed by atoms with E-state index in [0.717, 1.165) is 11.4 Å². The maximum atomic E-state index is 12.7. The molecule has 2 heterocycles. The molecule has 7 heteroatoms. The van der Waals surface area contributed by atoms with Crippen molar-refractivity contribution in [1.29, 1.82) is 0 Å². The van der Waals surface area contributed by atoms with Crippen LogP contribution in [0.25, 0.3) is 0 Å². The zero-order valence-electron chi connectivity index (χ0n) is 14.6. The number of carbonyl (C=O) groups excluding carboxylic acids is 2. The molecule has 3 N–H and O–H groups in total. The van der Waals surface area contributed by atoms with Crippen LogP contribution in [0.15, 0.2) is 48.5 Å². The van der Waals surface area contributed by atoms with Gasteiger partial charge in [-0.15, -0.1) is 0 Å². The highest BCUT2D eigenvalue weighted by atomic mass is 35.5. The van der Waals surface area contributed by atoms with Gasteiger partial charge < -0.3 is 20.6 Å². The van der Waals surface area contributed by atoms with E-state index < -0.39 is 17.6 Å². The molecule has 1 fully saturated rings. The summed E-state index contributed by atoms with van der Waals surface area (Å²) >= 11 is 6.09. The number of para-hydroxylation sites is 2. The summed E-state index contributed by atoms with van der Waals surface area (Å²) in [6.45, 7) is 0.756. The second kappa shape index (κ2) is 6.87. The Balaban J connectivity index is 1.47. The van der Waals surface area contributed by atoms with Crippen molar-refractivity contribution in [2.45, 2.75) is 24.5 Å². The Morgan fingerprint density at radius 3 is 2.41 bits per heavy atom. The number of fused-ring (bicyclic) bond motifs is 1. The van der Waals surface area contributed by atoms with Gasteiger partial charge in [-0.1, -0.05) is 41.9 Å². The highest BCUT2D eigenvalue weighted by molar-refractivity contribution is 6.31. The molecule has 0 bridgehead atoms. The molecule has 2 aliphatic heterocycles. The zero-order valence-corrected chi connectivity index (χ0v) is 15.4. The maximum Gasteiger partial charge on any atom is 0.256 e. The molecule has 0 radical (unpaired) electrons. The third kappa shape index (κ3) is 3.15. The van der Waals surface area contributed by atoms with E-state index in [1.165, 1.54) is 0 Å². The van der Waals surface area contributed by atoms with Gasteiger partial charge in [0.1, 0.15) is 5.54 Å². The Labute approximate surface area is 162 Å². The highest BCUT2D eigenvalue weighted by Crippen LogP contribution is 2.37. The number of piperidine rings is 1. The van der Waals surface area contributed by atoms with E-state index >= 15 is 0 Å². The number of aliphatic hydroxyl groups is 1. The van der Waals surface area contributed by atoms with E-state index in [1.54, 1.807) is 29.2 Å². The first-order valence-corrected chi connectivity index (χ1v) is 9.28. The number of halogens is 1. The van der Waals surface area contributed by atoms with Crippen LogP contribution in [0.3, 0.4) is 0 Å². The number of nitrogens with one attached hydrogen (secondary N) is 2. The lowest BCUT2D eigenvalue weighted by Crippen LogP contribution is -2.59. The van der Waals surface area contributed by atoms with E-state index in [-0.39, 0.29) is 5.91 Å². The number of aliphatic hydroxyl groups excluding tert-OH is 1. The molecule has 0 aromatic heterocycles. The van der Waals surface area contributed by atoms with Crippen LogP contribution in [0, 0.1) is 0 Å². The van der Waals surface area contributed by atoms with Gasteiger partial charge in [-0.25, -0.2) is 0 Å². The molecule has 2 amide bonds. The third-order valence-electron chi connectivity index (χ3n) is 5.35. The molecule has 4 rings (SSSR count). The Hall–Kier alpha value is -2.57. The van der Waals surface area contributed by atoms with Crippen molar-refractivity contribution >= 4 is 34.8 Å². The van der Waals surface area contributed by atoms with Gasteiger partial charge in [0.2, 0.25) is 5.91 Å². The van der Waals surface area contributed by atoms with Crippen molar-refractivity contribution in [2.24, 2.45) is 0 Å². The Morgan fingerprint density at radius 2 is 1.70 bits per heavy atom. The van der Waals surface area contributed by atoms with Crippen LogP contribution < -0.4 is 10.6 Å². The predicted molar refractivity (Wildman–Crippen MR) is 104 cm³/mol. The fourth-order valence-corrected chi connectivity index (χ4v) is 3.96. The fraction of sp³-hybridized carbons (Fsp3) is 0.300. The van der Waals surface area contributed by atoms with Crippen LogP contribution in [0.2, 0.25) is 5.02 Å². The SMILES string of the molecule is O=C(C(O)c1ccccc1Cl)N1CCC2(CC1)Nc1ccccc1NC2=O. The van der Waals surface area contributed by atoms with E-state index in [1.807, 2.05) is 24.3 Å². The van der Waals surface area contributed by atoms with Crippen molar-refractivity contribution in [2.75, 3.05) is 23.7 Å². The Morgan fingerprint density at radius 1 is 1.07 bits per heavy atom. The highest BCUT2D eigenvalue weighted by Gasteiger charge is 2.45. The van der Waals surface area contributed by atoms with Gasteiger partial charge in [0.05, 0.1) is 11.4 Å². The molecule has 1 unspecified atom stereocenters. The average molecular weight is 386 g/mol.